The molecule has 0 saturated heterocycles. The van der Waals surface area contributed by atoms with E-state index in [1.807, 2.05) is 6.92 Å². The van der Waals surface area contributed by atoms with E-state index in [2.05, 4.69) is 46.4 Å². The smallest absolute Gasteiger partial charge is 0.144 e. The Kier molecular flexibility index (Phi) is 4.91. The van der Waals surface area contributed by atoms with Crippen molar-refractivity contribution in [3.8, 4) is 0 Å². The van der Waals surface area contributed by atoms with Crippen molar-refractivity contribution >= 4 is 22.9 Å². The van der Waals surface area contributed by atoms with Gasteiger partial charge in [-0.15, -0.1) is 11.3 Å². The van der Waals surface area contributed by atoms with Gasteiger partial charge >= 0.3 is 0 Å². The third-order valence-electron chi connectivity index (χ3n) is 3.09. The van der Waals surface area contributed by atoms with Crippen LogP contribution in [-0.4, -0.2) is 28.0 Å². The molecule has 0 bridgehead atoms. The molecule has 0 aliphatic carbocycles. The van der Waals surface area contributed by atoms with Gasteiger partial charge in [0.05, 0.1) is 6.54 Å². The summed E-state index contributed by atoms with van der Waals surface area (Å²) in [5.41, 5.74) is 0.911. The molecule has 0 saturated carbocycles. The second kappa shape index (κ2) is 6.46. The maximum Gasteiger partial charge on any atom is 0.144 e. The van der Waals surface area contributed by atoms with Gasteiger partial charge in [-0.05, 0) is 44.8 Å². The van der Waals surface area contributed by atoms with Crippen molar-refractivity contribution in [3.05, 3.63) is 45.1 Å². The summed E-state index contributed by atoms with van der Waals surface area (Å²) in [4.78, 5) is 12.3. The summed E-state index contributed by atoms with van der Waals surface area (Å²) in [5, 5.41) is 2.63. The predicted octanol–water partition coefficient (Wildman–Crippen LogP) is 3.56. The zero-order valence-electron chi connectivity index (χ0n) is 11.4. The van der Waals surface area contributed by atoms with Crippen LogP contribution in [0.2, 0.25) is 5.15 Å². The highest BCUT2D eigenvalue weighted by molar-refractivity contribution is 7.09. The first-order valence-electron chi connectivity index (χ1n) is 6.27. The van der Waals surface area contributed by atoms with E-state index >= 15 is 0 Å². The minimum atomic E-state index is 0.446. The van der Waals surface area contributed by atoms with Crippen LogP contribution in [0.4, 0.5) is 0 Å². The van der Waals surface area contributed by atoms with Crippen molar-refractivity contribution in [2.45, 2.75) is 32.9 Å². The highest BCUT2D eigenvalue weighted by atomic mass is 35.5. The van der Waals surface area contributed by atoms with Crippen LogP contribution in [0.25, 0.3) is 0 Å². The SMILES string of the molecule is Cc1cc(Cl)nc(CN(C)C(C)Cc2cccs2)n1. The van der Waals surface area contributed by atoms with E-state index in [1.54, 1.807) is 17.4 Å². The molecule has 0 aromatic carbocycles. The van der Waals surface area contributed by atoms with Crippen molar-refractivity contribution in [3.63, 3.8) is 0 Å². The van der Waals surface area contributed by atoms with Gasteiger partial charge in [0.1, 0.15) is 11.0 Å². The second-order valence-corrected chi connectivity index (χ2v) is 6.22. The number of thiophene rings is 1. The molecule has 2 rings (SSSR count). The van der Waals surface area contributed by atoms with Crippen LogP contribution in [0.15, 0.2) is 23.6 Å². The molecule has 2 aromatic rings. The molecular formula is C14H18ClN3S. The summed E-state index contributed by atoms with van der Waals surface area (Å²) >= 11 is 7.76. The Labute approximate surface area is 123 Å². The molecule has 2 aromatic heterocycles. The lowest BCUT2D eigenvalue weighted by atomic mass is 10.2. The van der Waals surface area contributed by atoms with Crippen molar-refractivity contribution in [1.82, 2.24) is 14.9 Å². The number of likely N-dealkylation sites (N-methyl/N-ethyl adjacent to an activating group) is 1. The van der Waals surface area contributed by atoms with Gasteiger partial charge in [0.15, 0.2) is 0 Å². The molecule has 2 heterocycles. The molecule has 0 radical (unpaired) electrons. The van der Waals surface area contributed by atoms with Gasteiger partial charge in [0, 0.05) is 16.6 Å². The maximum atomic E-state index is 5.96. The molecule has 1 atom stereocenters. The number of aryl methyl sites for hydroxylation is 1. The highest BCUT2D eigenvalue weighted by Crippen LogP contribution is 2.15. The van der Waals surface area contributed by atoms with Crippen molar-refractivity contribution < 1.29 is 0 Å². The van der Waals surface area contributed by atoms with Crippen LogP contribution < -0.4 is 0 Å². The number of rotatable bonds is 5. The van der Waals surface area contributed by atoms with E-state index in [-0.39, 0.29) is 0 Å². The Morgan fingerprint density at radius 3 is 2.84 bits per heavy atom. The van der Waals surface area contributed by atoms with Gasteiger partial charge in [-0.25, -0.2) is 9.97 Å². The molecule has 0 fully saturated rings. The molecule has 102 valence electrons. The van der Waals surface area contributed by atoms with Gasteiger partial charge in [-0.2, -0.15) is 0 Å². The summed E-state index contributed by atoms with van der Waals surface area (Å²) in [6.45, 7) is 4.87. The summed E-state index contributed by atoms with van der Waals surface area (Å²) < 4.78 is 0. The zero-order chi connectivity index (χ0) is 13.8. The summed E-state index contributed by atoms with van der Waals surface area (Å²) in [6.07, 6.45) is 1.05. The van der Waals surface area contributed by atoms with Crippen LogP contribution in [-0.2, 0) is 13.0 Å². The fourth-order valence-corrected chi connectivity index (χ4v) is 3.00. The lowest BCUT2D eigenvalue weighted by molar-refractivity contribution is 0.243. The van der Waals surface area contributed by atoms with Gasteiger partial charge in [0.25, 0.3) is 0 Å². The molecule has 1 unspecified atom stereocenters. The molecule has 0 N–H and O–H groups in total. The molecular weight excluding hydrogens is 278 g/mol. The largest absolute Gasteiger partial charge is 0.296 e. The normalized spacial score (nSPS) is 12.9. The lowest BCUT2D eigenvalue weighted by Crippen LogP contribution is -2.31. The Morgan fingerprint density at radius 2 is 2.21 bits per heavy atom. The van der Waals surface area contributed by atoms with Crippen LogP contribution in [0.5, 0.6) is 0 Å². The predicted molar refractivity (Wildman–Crippen MR) is 80.7 cm³/mol. The van der Waals surface area contributed by atoms with E-state index in [0.29, 0.717) is 17.7 Å². The zero-order valence-corrected chi connectivity index (χ0v) is 13.0. The number of aromatic nitrogens is 2. The Bertz CT molecular complexity index is 507. The first kappa shape index (κ1) is 14.4. The molecule has 0 spiro atoms. The first-order chi connectivity index (χ1) is 9.04. The standard InChI is InChI=1S/C14H18ClN3S/c1-10-7-13(15)17-14(16-10)9-18(3)11(2)8-12-5-4-6-19-12/h4-7,11H,8-9H2,1-3H3. The number of hydrogen-bond acceptors (Lipinski definition) is 4. The van der Waals surface area contributed by atoms with Crippen LogP contribution in [0.1, 0.15) is 23.3 Å². The van der Waals surface area contributed by atoms with Crippen molar-refractivity contribution in [1.29, 1.82) is 0 Å². The topological polar surface area (TPSA) is 29.0 Å². The van der Waals surface area contributed by atoms with Gasteiger partial charge in [-0.3, -0.25) is 4.90 Å². The molecule has 19 heavy (non-hydrogen) atoms. The molecule has 3 nitrogen and oxygen atoms in total. The molecule has 0 aliphatic rings. The third-order valence-corrected chi connectivity index (χ3v) is 4.18. The number of hydrogen-bond donors (Lipinski definition) is 0. The summed E-state index contributed by atoms with van der Waals surface area (Å²) in [6, 6.07) is 6.49. The second-order valence-electron chi connectivity index (χ2n) is 4.80. The average Bonchev–Trinajstić information content (AvgIpc) is 2.80. The number of halogens is 1. The van der Waals surface area contributed by atoms with E-state index in [4.69, 9.17) is 11.6 Å². The fourth-order valence-electron chi connectivity index (χ4n) is 1.91. The van der Waals surface area contributed by atoms with Gasteiger partial charge in [0.2, 0.25) is 0 Å². The first-order valence-corrected chi connectivity index (χ1v) is 7.53. The fraction of sp³-hybridized carbons (Fsp3) is 0.429. The highest BCUT2D eigenvalue weighted by Gasteiger charge is 2.13. The molecule has 0 aliphatic heterocycles. The Balaban J connectivity index is 1.97. The van der Waals surface area contributed by atoms with E-state index in [0.717, 1.165) is 17.9 Å². The number of nitrogens with zero attached hydrogens (tertiary/aromatic N) is 3. The van der Waals surface area contributed by atoms with Crippen LogP contribution in [0.3, 0.4) is 0 Å². The maximum absolute atomic E-state index is 5.96. The Hall–Kier alpha value is -0.970. The minimum Gasteiger partial charge on any atom is -0.296 e. The minimum absolute atomic E-state index is 0.446. The van der Waals surface area contributed by atoms with E-state index in [1.165, 1.54) is 4.88 Å². The third kappa shape index (κ3) is 4.27. The average molecular weight is 296 g/mol. The summed E-state index contributed by atoms with van der Waals surface area (Å²) in [7, 11) is 2.10. The summed E-state index contributed by atoms with van der Waals surface area (Å²) in [5.74, 6) is 0.783. The monoisotopic (exact) mass is 295 g/mol. The van der Waals surface area contributed by atoms with Gasteiger partial charge in [-0.1, -0.05) is 17.7 Å². The quantitative estimate of drug-likeness (QED) is 0.790. The van der Waals surface area contributed by atoms with E-state index < -0.39 is 0 Å². The molecule has 0 amide bonds. The van der Waals surface area contributed by atoms with E-state index in [9.17, 15) is 0 Å². The van der Waals surface area contributed by atoms with Crippen LogP contribution in [0, 0.1) is 6.92 Å². The Morgan fingerprint density at radius 1 is 1.42 bits per heavy atom. The van der Waals surface area contributed by atoms with Gasteiger partial charge < -0.3 is 0 Å². The lowest BCUT2D eigenvalue weighted by Gasteiger charge is -2.23. The van der Waals surface area contributed by atoms with Crippen molar-refractivity contribution in [2.75, 3.05) is 7.05 Å². The van der Waals surface area contributed by atoms with Crippen LogP contribution >= 0.6 is 22.9 Å². The molecule has 5 heteroatoms. The van der Waals surface area contributed by atoms with Crippen molar-refractivity contribution in [2.24, 2.45) is 0 Å².